The van der Waals surface area contributed by atoms with E-state index in [1.54, 1.807) is 0 Å². The van der Waals surface area contributed by atoms with Gasteiger partial charge >= 0.3 is 11.9 Å². The zero-order chi connectivity index (χ0) is 15.4. The van der Waals surface area contributed by atoms with Crippen molar-refractivity contribution in [3.8, 4) is 0 Å². The number of rotatable bonds is 12. The van der Waals surface area contributed by atoms with Crippen LogP contribution in [-0.4, -0.2) is 35.4 Å². The van der Waals surface area contributed by atoms with Gasteiger partial charge in [-0.2, -0.15) is 0 Å². The molecule has 1 atom stereocenters. The predicted molar refractivity (Wildman–Crippen MR) is 76.4 cm³/mol. The first-order valence-corrected chi connectivity index (χ1v) is 7.48. The summed E-state index contributed by atoms with van der Waals surface area (Å²) in [5.41, 5.74) is -0.327. The van der Waals surface area contributed by atoms with Gasteiger partial charge in [0.1, 0.15) is 0 Å². The molecule has 1 unspecified atom stereocenters. The van der Waals surface area contributed by atoms with E-state index in [1.807, 2.05) is 6.92 Å². The van der Waals surface area contributed by atoms with Crippen LogP contribution in [0.3, 0.4) is 0 Å². The molecule has 0 aliphatic heterocycles. The fraction of sp³-hybridized carbons (Fsp3) is 0.867. The van der Waals surface area contributed by atoms with E-state index in [1.165, 1.54) is 0 Å². The van der Waals surface area contributed by atoms with Crippen molar-refractivity contribution in [1.82, 2.24) is 0 Å². The Morgan fingerprint density at radius 2 is 1.75 bits per heavy atom. The minimum atomic E-state index is -0.844. The lowest BCUT2D eigenvalue weighted by Gasteiger charge is -2.30. The monoisotopic (exact) mass is 288 g/mol. The molecule has 0 aromatic heterocycles. The summed E-state index contributed by atoms with van der Waals surface area (Å²) >= 11 is 0. The van der Waals surface area contributed by atoms with Crippen LogP contribution in [0.15, 0.2) is 0 Å². The van der Waals surface area contributed by atoms with Crippen molar-refractivity contribution >= 4 is 11.9 Å². The molecular formula is C15H28O5. The van der Waals surface area contributed by atoms with E-state index in [9.17, 15) is 14.7 Å². The molecule has 118 valence electrons. The Morgan fingerprint density at radius 1 is 1.10 bits per heavy atom. The zero-order valence-corrected chi connectivity index (χ0v) is 12.7. The molecule has 0 fully saturated rings. The number of carboxylic acid groups (broad SMARTS) is 1. The fourth-order valence-electron chi connectivity index (χ4n) is 1.99. The Balaban J connectivity index is 4.01. The number of hydrogen-bond acceptors (Lipinski definition) is 4. The number of aliphatic hydroxyl groups excluding tert-OH is 1. The van der Waals surface area contributed by atoms with E-state index < -0.39 is 5.97 Å². The highest BCUT2D eigenvalue weighted by molar-refractivity contribution is 5.69. The van der Waals surface area contributed by atoms with Crippen LogP contribution in [0.2, 0.25) is 0 Å². The number of carbonyl (C=O) groups excluding carboxylic acids is 1. The third kappa shape index (κ3) is 8.15. The standard InChI is InChI=1S/C15H28O5/c1-3-5-10-15(4-2,11-16)12-20-14(19)9-7-6-8-13(17)18/h16H,3-12H2,1-2H3,(H,17,18). The van der Waals surface area contributed by atoms with Gasteiger partial charge in [-0.1, -0.05) is 26.7 Å². The van der Waals surface area contributed by atoms with Gasteiger partial charge in [0.05, 0.1) is 13.2 Å². The maximum atomic E-state index is 11.6. The molecule has 0 rings (SSSR count). The fourth-order valence-corrected chi connectivity index (χ4v) is 1.99. The molecule has 0 radical (unpaired) electrons. The molecule has 5 nitrogen and oxygen atoms in total. The van der Waals surface area contributed by atoms with Crippen LogP contribution in [0, 0.1) is 5.41 Å². The molecule has 2 N–H and O–H groups in total. The van der Waals surface area contributed by atoms with Gasteiger partial charge in [0.15, 0.2) is 0 Å². The molecule has 5 heteroatoms. The Morgan fingerprint density at radius 3 is 2.25 bits per heavy atom. The molecule has 20 heavy (non-hydrogen) atoms. The average Bonchev–Trinajstić information content (AvgIpc) is 2.44. The van der Waals surface area contributed by atoms with Gasteiger partial charge in [-0.05, 0) is 25.7 Å². The highest BCUT2D eigenvalue weighted by Gasteiger charge is 2.28. The van der Waals surface area contributed by atoms with E-state index in [2.05, 4.69) is 6.92 Å². The van der Waals surface area contributed by atoms with Gasteiger partial charge in [0, 0.05) is 18.3 Å². The summed E-state index contributed by atoms with van der Waals surface area (Å²) in [6, 6.07) is 0. The van der Waals surface area contributed by atoms with Crippen molar-refractivity contribution in [2.24, 2.45) is 5.41 Å². The Bertz CT molecular complexity index is 284. The summed E-state index contributed by atoms with van der Waals surface area (Å²) in [6.07, 6.45) is 5.01. The normalized spacial score (nSPS) is 13.8. The van der Waals surface area contributed by atoms with Crippen LogP contribution in [0.1, 0.15) is 65.2 Å². The summed E-state index contributed by atoms with van der Waals surface area (Å²) in [5, 5.41) is 18.0. The van der Waals surface area contributed by atoms with E-state index in [-0.39, 0.29) is 37.4 Å². The van der Waals surface area contributed by atoms with Gasteiger partial charge in [-0.15, -0.1) is 0 Å². The minimum absolute atomic E-state index is 0.0236. The predicted octanol–water partition coefficient (Wildman–Crippen LogP) is 2.75. The lowest BCUT2D eigenvalue weighted by molar-refractivity contribution is -0.149. The number of ether oxygens (including phenoxy) is 1. The first-order valence-electron chi connectivity index (χ1n) is 7.48. The molecule has 0 saturated heterocycles. The Hall–Kier alpha value is -1.10. The van der Waals surface area contributed by atoms with Crippen molar-refractivity contribution < 1.29 is 24.5 Å². The molecule has 0 aliphatic carbocycles. The smallest absolute Gasteiger partial charge is 0.305 e. The molecule has 0 spiro atoms. The van der Waals surface area contributed by atoms with Crippen molar-refractivity contribution in [1.29, 1.82) is 0 Å². The number of aliphatic hydroxyl groups is 1. The number of hydrogen-bond donors (Lipinski definition) is 2. The highest BCUT2D eigenvalue weighted by Crippen LogP contribution is 2.29. The summed E-state index contributed by atoms with van der Waals surface area (Å²) < 4.78 is 5.25. The number of carbonyl (C=O) groups is 2. The summed E-state index contributed by atoms with van der Waals surface area (Å²) in [4.78, 5) is 21.9. The van der Waals surface area contributed by atoms with Crippen molar-refractivity contribution in [3.05, 3.63) is 0 Å². The number of aliphatic carboxylic acids is 1. The first-order chi connectivity index (χ1) is 9.49. The molecule has 0 saturated carbocycles. The molecular weight excluding hydrogens is 260 g/mol. The average molecular weight is 288 g/mol. The van der Waals surface area contributed by atoms with Gasteiger partial charge in [-0.3, -0.25) is 9.59 Å². The third-order valence-corrected chi connectivity index (χ3v) is 3.71. The van der Waals surface area contributed by atoms with Crippen LogP contribution in [0.25, 0.3) is 0 Å². The minimum Gasteiger partial charge on any atom is -0.481 e. The van der Waals surface area contributed by atoms with E-state index in [0.717, 1.165) is 25.7 Å². The van der Waals surface area contributed by atoms with Gasteiger partial charge in [0.2, 0.25) is 0 Å². The van der Waals surface area contributed by atoms with Crippen LogP contribution >= 0.6 is 0 Å². The Labute approximate surface area is 121 Å². The summed E-state index contributed by atoms with van der Waals surface area (Å²) in [5.74, 6) is -1.15. The molecule has 0 aromatic rings. The topological polar surface area (TPSA) is 83.8 Å². The zero-order valence-electron chi connectivity index (χ0n) is 12.7. The number of esters is 1. The molecule has 0 aliphatic rings. The largest absolute Gasteiger partial charge is 0.481 e. The Kier molecular flexibility index (Phi) is 10.1. The second-order valence-electron chi connectivity index (χ2n) is 5.38. The SMILES string of the molecule is CCCCC(CC)(CO)COC(=O)CCCCC(=O)O. The quantitative estimate of drug-likeness (QED) is 0.426. The van der Waals surface area contributed by atoms with E-state index in [4.69, 9.17) is 9.84 Å². The van der Waals surface area contributed by atoms with Crippen molar-refractivity contribution in [2.75, 3.05) is 13.2 Å². The second-order valence-corrected chi connectivity index (χ2v) is 5.38. The third-order valence-electron chi connectivity index (χ3n) is 3.71. The van der Waals surface area contributed by atoms with Crippen molar-refractivity contribution in [3.63, 3.8) is 0 Å². The molecule has 0 amide bonds. The van der Waals surface area contributed by atoms with Crippen LogP contribution in [0.4, 0.5) is 0 Å². The van der Waals surface area contributed by atoms with Crippen LogP contribution < -0.4 is 0 Å². The van der Waals surface area contributed by atoms with E-state index >= 15 is 0 Å². The summed E-state index contributed by atoms with van der Waals surface area (Å²) in [7, 11) is 0. The van der Waals surface area contributed by atoms with Crippen LogP contribution in [0.5, 0.6) is 0 Å². The van der Waals surface area contributed by atoms with E-state index in [0.29, 0.717) is 12.8 Å². The number of unbranched alkanes of at least 4 members (excludes halogenated alkanes) is 2. The summed E-state index contributed by atoms with van der Waals surface area (Å²) in [6.45, 7) is 4.35. The number of carboxylic acids is 1. The maximum absolute atomic E-state index is 11.6. The van der Waals surface area contributed by atoms with Gasteiger partial charge in [0.25, 0.3) is 0 Å². The van der Waals surface area contributed by atoms with Crippen molar-refractivity contribution in [2.45, 2.75) is 65.2 Å². The van der Waals surface area contributed by atoms with Gasteiger partial charge in [-0.25, -0.2) is 0 Å². The lowest BCUT2D eigenvalue weighted by Crippen LogP contribution is -2.31. The highest BCUT2D eigenvalue weighted by atomic mass is 16.5. The second kappa shape index (κ2) is 10.7. The van der Waals surface area contributed by atoms with Gasteiger partial charge < -0.3 is 14.9 Å². The molecule has 0 bridgehead atoms. The van der Waals surface area contributed by atoms with Crippen LogP contribution in [-0.2, 0) is 14.3 Å². The molecule has 0 aromatic carbocycles. The maximum Gasteiger partial charge on any atom is 0.305 e. The lowest BCUT2D eigenvalue weighted by atomic mass is 9.82. The molecule has 0 heterocycles. The first kappa shape index (κ1) is 18.9.